The van der Waals surface area contributed by atoms with E-state index in [1.807, 2.05) is 30.3 Å². The zero-order valence-electron chi connectivity index (χ0n) is 14.3. The van der Waals surface area contributed by atoms with E-state index in [9.17, 15) is 4.79 Å². The Hall–Kier alpha value is -2.83. The summed E-state index contributed by atoms with van der Waals surface area (Å²) >= 11 is 12.4. The van der Waals surface area contributed by atoms with Crippen LogP contribution in [0.3, 0.4) is 0 Å². The fourth-order valence-electron chi connectivity index (χ4n) is 2.89. The number of hydrogen-bond acceptors (Lipinski definition) is 5. The second kappa shape index (κ2) is 7.06. The number of fused-ring (bicyclic) bond motifs is 1. The normalized spacial score (nSPS) is 15.5. The molecule has 3 aromatic rings. The Morgan fingerprint density at radius 1 is 1.11 bits per heavy atom. The van der Waals surface area contributed by atoms with Crippen molar-refractivity contribution in [1.29, 1.82) is 0 Å². The second-order valence-corrected chi connectivity index (χ2v) is 6.83. The number of anilines is 2. The Labute approximate surface area is 165 Å². The predicted molar refractivity (Wildman–Crippen MR) is 109 cm³/mol. The number of nitrogens with one attached hydrogen (secondary N) is 2. The predicted octanol–water partition coefficient (Wildman–Crippen LogP) is 4.30. The van der Waals surface area contributed by atoms with Crippen molar-refractivity contribution in [3.05, 3.63) is 86.3 Å². The number of aryl methyl sites for hydroxylation is 1. The van der Waals surface area contributed by atoms with Crippen LogP contribution in [0.25, 0.3) is 0 Å². The highest BCUT2D eigenvalue weighted by Gasteiger charge is 2.25. The summed E-state index contributed by atoms with van der Waals surface area (Å²) in [5, 5.41) is 7.02. The van der Waals surface area contributed by atoms with Crippen molar-refractivity contribution >= 4 is 40.8 Å². The summed E-state index contributed by atoms with van der Waals surface area (Å²) in [5.74, 6) is 0.829. The minimum Gasteiger partial charge on any atom is -0.325 e. The van der Waals surface area contributed by atoms with Gasteiger partial charge in [-0.2, -0.15) is 0 Å². The third-order valence-corrected chi connectivity index (χ3v) is 4.93. The van der Waals surface area contributed by atoms with Crippen LogP contribution in [0.1, 0.15) is 17.4 Å². The van der Waals surface area contributed by atoms with Crippen molar-refractivity contribution in [2.24, 2.45) is 4.99 Å². The van der Waals surface area contributed by atoms with E-state index < -0.39 is 6.17 Å². The summed E-state index contributed by atoms with van der Waals surface area (Å²) in [6, 6.07) is 16.3. The van der Waals surface area contributed by atoms with Gasteiger partial charge in [-0.05, 0) is 24.6 Å². The smallest absolute Gasteiger partial charge is 0.257 e. The standard InChI is InChI=1S/C19H15Cl2N5O/c1-11-10-15(27)26-17(12-6-3-2-4-7-12)24-18(25-19(26)22-11)23-14-9-5-8-13(20)16(14)21/h2-10,17H,1H3,(H2,22,23,24,25)/t17-/m0/s1. The van der Waals surface area contributed by atoms with Gasteiger partial charge < -0.3 is 5.32 Å². The lowest BCUT2D eigenvalue weighted by atomic mass is 10.1. The summed E-state index contributed by atoms with van der Waals surface area (Å²) in [7, 11) is 0. The number of halogens is 2. The van der Waals surface area contributed by atoms with Crippen LogP contribution in [-0.2, 0) is 0 Å². The van der Waals surface area contributed by atoms with Crippen LogP contribution < -0.4 is 16.2 Å². The van der Waals surface area contributed by atoms with Crippen molar-refractivity contribution in [1.82, 2.24) is 9.55 Å². The first kappa shape index (κ1) is 17.6. The first-order valence-electron chi connectivity index (χ1n) is 8.24. The average molecular weight is 400 g/mol. The molecule has 2 heterocycles. The molecule has 0 saturated carbocycles. The first-order valence-corrected chi connectivity index (χ1v) is 8.99. The van der Waals surface area contributed by atoms with E-state index in [1.165, 1.54) is 10.6 Å². The van der Waals surface area contributed by atoms with Crippen molar-refractivity contribution in [2.75, 3.05) is 10.6 Å². The Kier molecular flexibility index (Phi) is 4.59. The van der Waals surface area contributed by atoms with Crippen molar-refractivity contribution in [3.8, 4) is 0 Å². The summed E-state index contributed by atoms with van der Waals surface area (Å²) in [6.45, 7) is 1.77. The lowest BCUT2D eigenvalue weighted by Crippen LogP contribution is -2.37. The molecule has 0 saturated heterocycles. The molecule has 8 heteroatoms. The third-order valence-electron chi connectivity index (χ3n) is 4.11. The molecule has 0 fully saturated rings. The molecule has 1 atom stereocenters. The lowest BCUT2D eigenvalue weighted by Gasteiger charge is -2.27. The van der Waals surface area contributed by atoms with E-state index in [4.69, 9.17) is 23.2 Å². The third kappa shape index (κ3) is 3.41. The van der Waals surface area contributed by atoms with Gasteiger partial charge in [-0.15, -0.1) is 0 Å². The second-order valence-electron chi connectivity index (χ2n) is 6.04. The average Bonchev–Trinajstić information content (AvgIpc) is 2.65. The molecule has 1 aliphatic heterocycles. The number of aromatic nitrogens is 2. The molecule has 0 amide bonds. The molecular formula is C19H15Cl2N5O. The van der Waals surface area contributed by atoms with E-state index in [2.05, 4.69) is 20.6 Å². The molecule has 1 aromatic heterocycles. The first-order chi connectivity index (χ1) is 13.0. The molecule has 0 unspecified atom stereocenters. The molecular weight excluding hydrogens is 385 g/mol. The van der Waals surface area contributed by atoms with Gasteiger partial charge in [0.2, 0.25) is 11.9 Å². The van der Waals surface area contributed by atoms with Gasteiger partial charge in [-0.25, -0.2) is 9.98 Å². The monoisotopic (exact) mass is 399 g/mol. The van der Waals surface area contributed by atoms with E-state index in [0.717, 1.165) is 5.56 Å². The van der Waals surface area contributed by atoms with Gasteiger partial charge in [0.1, 0.15) is 0 Å². The van der Waals surface area contributed by atoms with Gasteiger partial charge in [-0.1, -0.05) is 59.6 Å². The number of nitrogens with zero attached hydrogens (tertiary/aromatic N) is 3. The maximum absolute atomic E-state index is 12.6. The number of aliphatic imine (C=N–C) groups is 1. The topological polar surface area (TPSA) is 71.3 Å². The highest BCUT2D eigenvalue weighted by molar-refractivity contribution is 6.44. The van der Waals surface area contributed by atoms with Crippen LogP contribution in [0.5, 0.6) is 0 Å². The molecule has 0 aliphatic carbocycles. The van der Waals surface area contributed by atoms with E-state index in [-0.39, 0.29) is 5.56 Å². The summed E-state index contributed by atoms with van der Waals surface area (Å²) < 4.78 is 1.52. The van der Waals surface area contributed by atoms with Gasteiger partial charge in [0.25, 0.3) is 5.56 Å². The van der Waals surface area contributed by atoms with Crippen LogP contribution in [0, 0.1) is 6.92 Å². The molecule has 6 nitrogen and oxygen atoms in total. The molecule has 0 spiro atoms. The summed E-state index contributed by atoms with van der Waals surface area (Å²) in [6.07, 6.45) is -0.552. The van der Waals surface area contributed by atoms with Gasteiger partial charge in [0.05, 0.1) is 15.7 Å². The van der Waals surface area contributed by atoms with E-state index >= 15 is 0 Å². The minimum absolute atomic E-state index is 0.178. The van der Waals surface area contributed by atoms with Crippen LogP contribution >= 0.6 is 23.2 Å². The number of hydrogen-bond donors (Lipinski definition) is 2. The SMILES string of the molecule is Cc1cc(=O)n2c(n1)NC(Nc1cccc(Cl)c1Cl)=N[C@@H]2c1ccccc1. The molecule has 0 radical (unpaired) electrons. The van der Waals surface area contributed by atoms with Gasteiger partial charge in [-0.3, -0.25) is 14.7 Å². The largest absolute Gasteiger partial charge is 0.325 e. The highest BCUT2D eigenvalue weighted by Crippen LogP contribution is 2.31. The maximum Gasteiger partial charge on any atom is 0.257 e. The van der Waals surface area contributed by atoms with Crippen LogP contribution in [-0.4, -0.2) is 15.5 Å². The van der Waals surface area contributed by atoms with Crippen LogP contribution in [0.15, 0.2) is 64.4 Å². The summed E-state index contributed by atoms with van der Waals surface area (Å²) in [5.41, 5.74) is 1.91. The zero-order valence-corrected chi connectivity index (χ0v) is 15.8. The maximum atomic E-state index is 12.6. The Morgan fingerprint density at radius 2 is 1.89 bits per heavy atom. The molecule has 4 rings (SSSR count). The molecule has 0 bridgehead atoms. The number of benzene rings is 2. The lowest BCUT2D eigenvalue weighted by molar-refractivity contribution is 0.577. The fraction of sp³-hybridized carbons (Fsp3) is 0.105. The molecule has 136 valence electrons. The molecule has 2 aromatic carbocycles. The van der Waals surface area contributed by atoms with E-state index in [0.29, 0.717) is 33.3 Å². The Morgan fingerprint density at radius 3 is 2.67 bits per heavy atom. The molecule has 27 heavy (non-hydrogen) atoms. The van der Waals surface area contributed by atoms with Gasteiger partial charge in [0, 0.05) is 11.8 Å². The van der Waals surface area contributed by atoms with Gasteiger partial charge >= 0.3 is 0 Å². The van der Waals surface area contributed by atoms with Gasteiger partial charge in [0.15, 0.2) is 6.17 Å². The zero-order chi connectivity index (χ0) is 19.0. The quantitative estimate of drug-likeness (QED) is 0.673. The Balaban J connectivity index is 1.81. The fourth-order valence-corrected chi connectivity index (χ4v) is 3.24. The van der Waals surface area contributed by atoms with Crippen molar-refractivity contribution < 1.29 is 0 Å². The summed E-state index contributed by atoms with van der Waals surface area (Å²) in [4.78, 5) is 21.7. The van der Waals surface area contributed by atoms with Crippen molar-refractivity contribution in [2.45, 2.75) is 13.1 Å². The Bertz CT molecular complexity index is 1090. The van der Waals surface area contributed by atoms with Crippen LogP contribution in [0.2, 0.25) is 10.0 Å². The minimum atomic E-state index is -0.552. The number of guanidine groups is 1. The molecule has 2 N–H and O–H groups in total. The van der Waals surface area contributed by atoms with Crippen molar-refractivity contribution in [3.63, 3.8) is 0 Å². The highest BCUT2D eigenvalue weighted by atomic mass is 35.5. The van der Waals surface area contributed by atoms with Crippen LogP contribution in [0.4, 0.5) is 11.6 Å². The number of rotatable bonds is 2. The van der Waals surface area contributed by atoms with E-state index in [1.54, 1.807) is 25.1 Å². The molecule has 1 aliphatic rings.